The first kappa shape index (κ1) is 15.2. The van der Waals surface area contributed by atoms with Gasteiger partial charge in [-0.05, 0) is 35.9 Å². The van der Waals surface area contributed by atoms with Crippen LogP contribution in [-0.2, 0) is 17.9 Å². The number of carbonyl (C=O) groups is 1. The van der Waals surface area contributed by atoms with Crippen molar-refractivity contribution in [2.24, 2.45) is 0 Å². The average molecular weight is 328 g/mol. The van der Waals surface area contributed by atoms with Crippen molar-refractivity contribution >= 4 is 28.4 Å². The van der Waals surface area contributed by atoms with Gasteiger partial charge in [0.1, 0.15) is 6.54 Å². The van der Waals surface area contributed by atoms with Gasteiger partial charge in [-0.25, -0.2) is 0 Å². The number of hydrogen-bond acceptors (Lipinski definition) is 3. The summed E-state index contributed by atoms with van der Waals surface area (Å²) in [7, 11) is 0. The van der Waals surface area contributed by atoms with E-state index in [1.165, 1.54) is 6.07 Å². The Hall–Kier alpha value is -2.66. The van der Waals surface area contributed by atoms with Crippen LogP contribution in [0.3, 0.4) is 0 Å². The lowest BCUT2D eigenvalue weighted by atomic mass is 10.2. The van der Waals surface area contributed by atoms with Gasteiger partial charge in [0.05, 0.1) is 5.52 Å². The predicted molar refractivity (Wildman–Crippen MR) is 89.3 cm³/mol. The second-order valence-electron chi connectivity index (χ2n) is 5.10. The fourth-order valence-corrected chi connectivity index (χ4v) is 2.49. The number of pyridine rings is 2. The fourth-order valence-electron chi connectivity index (χ4n) is 2.33. The molecule has 3 aromatic rings. The molecule has 1 amide bonds. The molecule has 2 heterocycles. The molecule has 5 nitrogen and oxygen atoms in total. The summed E-state index contributed by atoms with van der Waals surface area (Å²) in [6, 6.07) is 10.2. The van der Waals surface area contributed by atoms with Crippen LogP contribution in [0, 0.1) is 0 Å². The van der Waals surface area contributed by atoms with E-state index >= 15 is 0 Å². The maximum absolute atomic E-state index is 12.1. The number of fused-ring (bicyclic) bond motifs is 1. The Bertz CT molecular complexity index is 907. The molecule has 0 saturated heterocycles. The van der Waals surface area contributed by atoms with Crippen LogP contribution in [0.15, 0.2) is 59.8 Å². The maximum atomic E-state index is 12.1. The van der Waals surface area contributed by atoms with Crippen molar-refractivity contribution in [2.45, 2.75) is 13.1 Å². The number of rotatable bonds is 4. The molecule has 0 aliphatic heterocycles. The summed E-state index contributed by atoms with van der Waals surface area (Å²) in [6.45, 7) is 0.544. The van der Waals surface area contributed by atoms with Gasteiger partial charge in [-0.15, -0.1) is 0 Å². The Morgan fingerprint density at radius 3 is 2.74 bits per heavy atom. The Balaban J connectivity index is 1.78. The lowest BCUT2D eigenvalue weighted by Crippen LogP contribution is -2.27. The molecule has 0 fully saturated rings. The second kappa shape index (κ2) is 6.62. The summed E-state index contributed by atoms with van der Waals surface area (Å²) in [5.41, 5.74) is 1.52. The molecule has 0 aliphatic rings. The zero-order chi connectivity index (χ0) is 16.2. The molecule has 6 heteroatoms. The predicted octanol–water partition coefficient (Wildman–Crippen LogP) is 2.37. The smallest absolute Gasteiger partial charge is 0.240 e. The molecule has 23 heavy (non-hydrogen) atoms. The standard InChI is InChI=1S/C17H14ClN3O2/c18-13-1-2-14-15(9-13)21(8-5-16(14)22)11-17(23)20-10-12-3-6-19-7-4-12/h1-9H,10-11H2,(H,20,23). The zero-order valence-corrected chi connectivity index (χ0v) is 13.0. The molecule has 0 bridgehead atoms. The van der Waals surface area contributed by atoms with Crippen molar-refractivity contribution < 1.29 is 4.79 Å². The molecule has 0 atom stereocenters. The number of halogens is 1. The number of nitrogens with zero attached hydrogens (tertiary/aromatic N) is 2. The largest absolute Gasteiger partial charge is 0.350 e. The highest BCUT2D eigenvalue weighted by molar-refractivity contribution is 6.31. The third-order valence-electron chi connectivity index (χ3n) is 3.49. The Morgan fingerprint density at radius 1 is 1.17 bits per heavy atom. The molecule has 0 spiro atoms. The van der Waals surface area contributed by atoms with E-state index in [-0.39, 0.29) is 17.9 Å². The minimum absolute atomic E-state index is 0.0925. The van der Waals surface area contributed by atoms with Gasteiger partial charge in [0.15, 0.2) is 5.43 Å². The van der Waals surface area contributed by atoms with Gasteiger partial charge in [-0.2, -0.15) is 0 Å². The molecule has 0 unspecified atom stereocenters. The summed E-state index contributed by atoms with van der Waals surface area (Å²) in [4.78, 5) is 27.9. The monoisotopic (exact) mass is 327 g/mol. The zero-order valence-electron chi connectivity index (χ0n) is 12.2. The van der Waals surface area contributed by atoms with Crippen LogP contribution in [0.1, 0.15) is 5.56 Å². The van der Waals surface area contributed by atoms with E-state index in [0.717, 1.165) is 5.56 Å². The van der Waals surface area contributed by atoms with Gasteiger partial charge in [0.2, 0.25) is 5.91 Å². The maximum Gasteiger partial charge on any atom is 0.240 e. The van der Waals surface area contributed by atoms with Crippen LogP contribution < -0.4 is 10.7 Å². The number of aromatic nitrogens is 2. The summed E-state index contributed by atoms with van der Waals surface area (Å²) >= 11 is 6.00. The molecular formula is C17H14ClN3O2. The minimum Gasteiger partial charge on any atom is -0.350 e. The molecule has 0 radical (unpaired) electrons. The molecular weight excluding hydrogens is 314 g/mol. The first-order chi connectivity index (χ1) is 11.1. The van der Waals surface area contributed by atoms with E-state index in [4.69, 9.17) is 11.6 Å². The van der Waals surface area contributed by atoms with Crippen LogP contribution in [0.4, 0.5) is 0 Å². The summed E-state index contributed by atoms with van der Waals surface area (Å²) in [5, 5.41) is 3.91. The first-order valence-electron chi connectivity index (χ1n) is 7.08. The molecule has 1 aromatic carbocycles. The highest BCUT2D eigenvalue weighted by atomic mass is 35.5. The molecule has 0 saturated carbocycles. The third-order valence-corrected chi connectivity index (χ3v) is 3.73. The van der Waals surface area contributed by atoms with Crippen LogP contribution in [0.5, 0.6) is 0 Å². The molecule has 1 N–H and O–H groups in total. The van der Waals surface area contributed by atoms with E-state index in [2.05, 4.69) is 10.3 Å². The van der Waals surface area contributed by atoms with Crippen molar-refractivity contribution in [3.63, 3.8) is 0 Å². The summed E-state index contributed by atoms with van der Waals surface area (Å²) in [6.07, 6.45) is 4.96. The van der Waals surface area contributed by atoms with Crippen molar-refractivity contribution in [3.05, 3.63) is 75.8 Å². The Labute approximate surface area is 137 Å². The van der Waals surface area contributed by atoms with Crippen molar-refractivity contribution in [2.75, 3.05) is 0 Å². The lowest BCUT2D eigenvalue weighted by Gasteiger charge is -2.11. The highest BCUT2D eigenvalue weighted by Crippen LogP contribution is 2.16. The lowest BCUT2D eigenvalue weighted by molar-refractivity contribution is -0.121. The van der Waals surface area contributed by atoms with Crippen molar-refractivity contribution in [3.8, 4) is 0 Å². The third kappa shape index (κ3) is 3.57. The van der Waals surface area contributed by atoms with Gasteiger partial charge < -0.3 is 9.88 Å². The number of carbonyl (C=O) groups excluding carboxylic acids is 1. The average Bonchev–Trinajstić information content (AvgIpc) is 2.56. The van der Waals surface area contributed by atoms with Gasteiger partial charge in [-0.1, -0.05) is 11.6 Å². The normalized spacial score (nSPS) is 10.7. The first-order valence-corrected chi connectivity index (χ1v) is 7.45. The topological polar surface area (TPSA) is 64.0 Å². The van der Waals surface area contributed by atoms with Crippen molar-refractivity contribution in [1.29, 1.82) is 0 Å². The van der Waals surface area contributed by atoms with Gasteiger partial charge in [-0.3, -0.25) is 14.6 Å². The molecule has 3 rings (SSSR count). The van der Waals surface area contributed by atoms with Gasteiger partial charge in [0.25, 0.3) is 0 Å². The van der Waals surface area contributed by atoms with Gasteiger partial charge in [0, 0.05) is 41.6 Å². The van der Waals surface area contributed by atoms with Crippen molar-refractivity contribution in [1.82, 2.24) is 14.9 Å². The fraction of sp³-hybridized carbons (Fsp3) is 0.118. The van der Waals surface area contributed by atoms with E-state index in [1.54, 1.807) is 41.4 Å². The number of benzene rings is 1. The van der Waals surface area contributed by atoms with Crippen LogP contribution >= 0.6 is 11.6 Å². The van der Waals surface area contributed by atoms with E-state index in [9.17, 15) is 9.59 Å². The quantitative estimate of drug-likeness (QED) is 0.800. The number of amides is 1. The Kier molecular flexibility index (Phi) is 4.39. The minimum atomic E-state index is -0.147. The van der Waals surface area contributed by atoms with E-state index in [0.29, 0.717) is 22.5 Å². The van der Waals surface area contributed by atoms with E-state index < -0.39 is 0 Å². The Morgan fingerprint density at radius 2 is 1.96 bits per heavy atom. The number of nitrogens with one attached hydrogen (secondary N) is 1. The SMILES string of the molecule is O=C(Cn1ccc(=O)c2ccc(Cl)cc21)NCc1ccncc1. The summed E-state index contributed by atoms with van der Waals surface area (Å²) < 4.78 is 1.71. The number of hydrogen-bond donors (Lipinski definition) is 1. The van der Waals surface area contributed by atoms with E-state index in [1.807, 2.05) is 12.1 Å². The van der Waals surface area contributed by atoms with Crippen LogP contribution in [-0.4, -0.2) is 15.5 Å². The molecule has 0 aliphatic carbocycles. The highest BCUT2D eigenvalue weighted by Gasteiger charge is 2.07. The second-order valence-corrected chi connectivity index (χ2v) is 5.54. The molecule has 2 aromatic heterocycles. The summed E-state index contributed by atoms with van der Waals surface area (Å²) in [5.74, 6) is -0.147. The molecule has 116 valence electrons. The van der Waals surface area contributed by atoms with Gasteiger partial charge >= 0.3 is 0 Å². The van der Waals surface area contributed by atoms with Crippen LogP contribution in [0.2, 0.25) is 5.02 Å². The van der Waals surface area contributed by atoms with Crippen LogP contribution in [0.25, 0.3) is 10.9 Å².